The fourth-order valence-electron chi connectivity index (χ4n) is 3.44. The van der Waals surface area contributed by atoms with Crippen molar-refractivity contribution in [3.63, 3.8) is 0 Å². The van der Waals surface area contributed by atoms with Crippen molar-refractivity contribution in [2.45, 2.75) is 18.8 Å². The van der Waals surface area contributed by atoms with Crippen LogP contribution in [0.3, 0.4) is 0 Å². The number of benzene rings is 2. The zero-order valence-corrected chi connectivity index (χ0v) is 14.1. The number of rotatable bonds is 3. The molecule has 0 bridgehead atoms. The molecule has 2 aromatic heterocycles. The minimum Gasteiger partial charge on any atom is -0.476 e. The lowest BCUT2D eigenvalue weighted by molar-refractivity contribution is 0.0696. The highest BCUT2D eigenvalue weighted by Crippen LogP contribution is 2.45. The lowest BCUT2D eigenvalue weighted by Gasteiger charge is -2.11. The standard InChI is InChI=1S/C20H14N2O2S/c23-20(24)19-22-17-10-21-9-16(18(17)25-19)15-8-7-12(11-5-6-11)13-3-1-2-4-14(13)15/h1-4,7-11H,5-6H2,(H,23,24). The molecule has 5 rings (SSSR count). The van der Waals surface area contributed by atoms with Gasteiger partial charge in [-0.05, 0) is 40.7 Å². The summed E-state index contributed by atoms with van der Waals surface area (Å²) in [6.45, 7) is 0. The Bertz CT molecular complexity index is 1150. The van der Waals surface area contributed by atoms with Crippen molar-refractivity contribution in [3.8, 4) is 11.1 Å². The Morgan fingerprint density at radius 3 is 2.60 bits per heavy atom. The van der Waals surface area contributed by atoms with Crippen LogP contribution in [0.5, 0.6) is 0 Å². The maximum absolute atomic E-state index is 11.3. The molecule has 122 valence electrons. The third-order valence-corrected chi connectivity index (χ3v) is 5.84. The third-order valence-electron chi connectivity index (χ3n) is 4.75. The second-order valence-corrected chi connectivity index (χ2v) is 7.38. The lowest BCUT2D eigenvalue weighted by Crippen LogP contribution is -1.93. The summed E-state index contributed by atoms with van der Waals surface area (Å²) in [5.74, 6) is -0.323. The van der Waals surface area contributed by atoms with Gasteiger partial charge in [-0.2, -0.15) is 0 Å². The number of pyridine rings is 1. The summed E-state index contributed by atoms with van der Waals surface area (Å²) in [5.41, 5.74) is 4.07. The maximum atomic E-state index is 11.3. The first-order chi connectivity index (χ1) is 12.2. The quantitative estimate of drug-likeness (QED) is 0.561. The van der Waals surface area contributed by atoms with Gasteiger partial charge in [0.2, 0.25) is 5.01 Å². The average Bonchev–Trinajstić information content (AvgIpc) is 3.37. The zero-order valence-electron chi connectivity index (χ0n) is 13.3. The summed E-state index contributed by atoms with van der Waals surface area (Å²) in [6, 6.07) is 12.8. The number of aromatic nitrogens is 2. The van der Waals surface area contributed by atoms with Gasteiger partial charge in [-0.15, -0.1) is 11.3 Å². The monoisotopic (exact) mass is 346 g/mol. The Balaban J connectivity index is 1.80. The molecule has 0 atom stereocenters. The van der Waals surface area contributed by atoms with Crippen molar-refractivity contribution in [1.29, 1.82) is 0 Å². The molecule has 1 fully saturated rings. The number of nitrogens with zero attached hydrogens (tertiary/aromatic N) is 2. The Kier molecular flexibility index (Phi) is 3.12. The first kappa shape index (κ1) is 14.5. The topological polar surface area (TPSA) is 63.1 Å². The minimum absolute atomic E-state index is 0.100. The number of carboxylic acids is 1. The maximum Gasteiger partial charge on any atom is 0.365 e. The van der Waals surface area contributed by atoms with E-state index in [4.69, 9.17) is 0 Å². The van der Waals surface area contributed by atoms with Crippen LogP contribution in [0.15, 0.2) is 48.8 Å². The van der Waals surface area contributed by atoms with Crippen LogP contribution in [-0.4, -0.2) is 21.0 Å². The molecule has 1 aliphatic rings. The molecule has 1 N–H and O–H groups in total. The van der Waals surface area contributed by atoms with E-state index in [2.05, 4.69) is 40.3 Å². The number of fused-ring (bicyclic) bond motifs is 2. The van der Waals surface area contributed by atoms with E-state index in [1.807, 2.05) is 12.3 Å². The molecule has 0 saturated heterocycles. The molecule has 25 heavy (non-hydrogen) atoms. The van der Waals surface area contributed by atoms with Gasteiger partial charge in [-0.25, -0.2) is 9.78 Å². The summed E-state index contributed by atoms with van der Waals surface area (Å²) in [6.07, 6.45) is 5.96. The summed E-state index contributed by atoms with van der Waals surface area (Å²) < 4.78 is 0.872. The molecular weight excluding hydrogens is 332 g/mol. The van der Waals surface area contributed by atoms with Gasteiger partial charge in [0.15, 0.2) is 0 Å². The lowest BCUT2D eigenvalue weighted by atomic mass is 9.94. The Morgan fingerprint density at radius 2 is 1.84 bits per heavy atom. The zero-order chi connectivity index (χ0) is 17.0. The van der Waals surface area contributed by atoms with Gasteiger partial charge in [-0.3, -0.25) is 4.98 Å². The van der Waals surface area contributed by atoms with Crippen LogP contribution in [0.4, 0.5) is 0 Å². The predicted octanol–water partition coefficient (Wildman–Crippen LogP) is 5.09. The van der Waals surface area contributed by atoms with Crippen LogP contribution >= 0.6 is 11.3 Å². The number of carboxylic acid groups (broad SMARTS) is 1. The molecule has 0 amide bonds. The normalized spacial score (nSPS) is 14.2. The SMILES string of the molecule is O=C(O)c1nc2cncc(-c3ccc(C4CC4)c4ccccc34)c2s1. The molecule has 0 aliphatic heterocycles. The van der Waals surface area contributed by atoms with Crippen LogP contribution in [0.2, 0.25) is 0 Å². The summed E-state index contributed by atoms with van der Waals surface area (Å²) in [5, 5.41) is 11.8. The minimum atomic E-state index is -0.999. The van der Waals surface area contributed by atoms with E-state index in [1.54, 1.807) is 6.20 Å². The number of thiazole rings is 1. The van der Waals surface area contributed by atoms with Gasteiger partial charge in [0.25, 0.3) is 0 Å². The fraction of sp³-hybridized carbons (Fsp3) is 0.150. The number of hydrogen-bond acceptors (Lipinski definition) is 4. The van der Waals surface area contributed by atoms with Crippen LogP contribution < -0.4 is 0 Å². The second-order valence-electron chi connectivity index (χ2n) is 6.38. The summed E-state index contributed by atoms with van der Waals surface area (Å²) in [4.78, 5) is 19.8. The molecule has 4 aromatic rings. The molecule has 2 aromatic carbocycles. The van der Waals surface area contributed by atoms with Crippen molar-refractivity contribution in [2.75, 3.05) is 0 Å². The third kappa shape index (κ3) is 2.31. The average molecular weight is 346 g/mol. The van der Waals surface area contributed by atoms with Crippen molar-refractivity contribution in [3.05, 3.63) is 59.4 Å². The number of aromatic carboxylic acids is 1. The molecule has 4 nitrogen and oxygen atoms in total. The predicted molar refractivity (Wildman–Crippen MR) is 99.3 cm³/mol. The molecule has 0 radical (unpaired) electrons. The van der Waals surface area contributed by atoms with E-state index in [9.17, 15) is 9.90 Å². The van der Waals surface area contributed by atoms with E-state index >= 15 is 0 Å². The van der Waals surface area contributed by atoms with Gasteiger partial charge < -0.3 is 5.11 Å². The highest BCUT2D eigenvalue weighted by atomic mass is 32.1. The Labute approximate surface area is 147 Å². The highest BCUT2D eigenvalue weighted by Gasteiger charge is 2.26. The van der Waals surface area contributed by atoms with Gasteiger partial charge >= 0.3 is 5.97 Å². The second kappa shape index (κ2) is 5.36. The van der Waals surface area contributed by atoms with Crippen molar-refractivity contribution in [1.82, 2.24) is 9.97 Å². The summed E-state index contributed by atoms with van der Waals surface area (Å²) >= 11 is 1.21. The number of carbonyl (C=O) groups is 1. The molecule has 0 unspecified atom stereocenters. The van der Waals surface area contributed by atoms with E-state index < -0.39 is 5.97 Å². The first-order valence-electron chi connectivity index (χ1n) is 8.22. The van der Waals surface area contributed by atoms with Gasteiger partial charge in [-0.1, -0.05) is 36.4 Å². The molecule has 5 heteroatoms. The van der Waals surface area contributed by atoms with E-state index in [0.717, 1.165) is 15.8 Å². The van der Waals surface area contributed by atoms with Crippen LogP contribution in [0.1, 0.15) is 34.1 Å². The molecule has 0 spiro atoms. The highest BCUT2D eigenvalue weighted by molar-refractivity contribution is 7.20. The molecule has 1 saturated carbocycles. The van der Waals surface area contributed by atoms with E-state index in [0.29, 0.717) is 11.4 Å². The van der Waals surface area contributed by atoms with E-state index in [-0.39, 0.29) is 5.01 Å². The Morgan fingerprint density at radius 1 is 1.04 bits per heavy atom. The Hall–Kier alpha value is -2.79. The number of hydrogen-bond donors (Lipinski definition) is 1. The van der Waals surface area contributed by atoms with E-state index in [1.165, 1.54) is 40.5 Å². The summed E-state index contributed by atoms with van der Waals surface area (Å²) in [7, 11) is 0. The largest absolute Gasteiger partial charge is 0.476 e. The van der Waals surface area contributed by atoms with Crippen molar-refractivity contribution >= 4 is 38.3 Å². The van der Waals surface area contributed by atoms with Crippen LogP contribution in [0, 0.1) is 0 Å². The van der Waals surface area contributed by atoms with Gasteiger partial charge in [0, 0.05) is 11.8 Å². The van der Waals surface area contributed by atoms with Gasteiger partial charge in [0.05, 0.1) is 10.9 Å². The fourth-order valence-corrected chi connectivity index (χ4v) is 4.34. The van der Waals surface area contributed by atoms with Crippen molar-refractivity contribution in [2.24, 2.45) is 0 Å². The first-order valence-corrected chi connectivity index (χ1v) is 9.04. The van der Waals surface area contributed by atoms with Crippen LogP contribution in [0.25, 0.3) is 32.1 Å². The van der Waals surface area contributed by atoms with Gasteiger partial charge in [0.1, 0.15) is 5.52 Å². The molecule has 1 aliphatic carbocycles. The smallest absolute Gasteiger partial charge is 0.365 e. The molecular formula is C20H14N2O2S. The van der Waals surface area contributed by atoms with Crippen molar-refractivity contribution < 1.29 is 9.90 Å². The molecule has 2 heterocycles. The van der Waals surface area contributed by atoms with Crippen LogP contribution in [-0.2, 0) is 0 Å².